The molecule has 0 fully saturated rings. The lowest BCUT2D eigenvalue weighted by atomic mass is 10.1. The molecular formula is C14H10ClF4N. The lowest BCUT2D eigenvalue weighted by Crippen LogP contribution is -2.08. The third-order valence-corrected chi connectivity index (χ3v) is 3.12. The monoisotopic (exact) mass is 303 g/mol. The molecule has 0 aliphatic heterocycles. The van der Waals surface area contributed by atoms with Gasteiger partial charge in [0.1, 0.15) is 5.82 Å². The highest BCUT2D eigenvalue weighted by atomic mass is 35.5. The first kappa shape index (κ1) is 14.7. The number of halogens is 5. The average Bonchev–Trinajstić information content (AvgIpc) is 2.39. The van der Waals surface area contributed by atoms with E-state index in [1.165, 1.54) is 12.1 Å². The molecule has 0 saturated carbocycles. The van der Waals surface area contributed by atoms with Crippen molar-refractivity contribution in [3.05, 3.63) is 64.2 Å². The lowest BCUT2D eigenvalue weighted by Gasteiger charge is -2.16. The maximum absolute atomic E-state index is 13.3. The zero-order chi connectivity index (χ0) is 14.9. The van der Waals surface area contributed by atoms with Crippen LogP contribution in [-0.2, 0) is 0 Å². The molecule has 0 amide bonds. The predicted molar refractivity (Wildman–Crippen MR) is 69.8 cm³/mol. The second kappa shape index (κ2) is 5.71. The van der Waals surface area contributed by atoms with Crippen LogP contribution in [0.5, 0.6) is 0 Å². The maximum atomic E-state index is 13.3. The van der Waals surface area contributed by atoms with Crippen molar-refractivity contribution < 1.29 is 17.6 Å². The van der Waals surface area contributed by atoms with Gasteiger partial charge in [0.25, 0.3) is 0 Å². The predicted octanol–water partition coefficient (Wildman–Crippen LogP) is 5.07. The summed E-state index contributed by atoms with van der Waals surface area (Å²) in [5.41, 5.74) is 0.598. The lowest BCUT2D eigenvalue weighted by molar-refractivity contribution is 0.447. The van der Waals surface area contributed by atoms with Gasteiger partial charge < -0.3 is 5.32 Å². The fourth-order valence-electron chi connectivity index (χ4n) is 1.75. The van der Waals surface area contributed by atoms with Crippen LogP contribution < -0.4 is 5.32 Å². The summed E-state index contributed by atoms with van der Waals surface area (Å²) in [5, 5.41) is 2.74. The number of hydrogen-bond acceptors (Lipinski definition) is 1. The summed E-state index contributed by atoms with van der Waals surface area (Å²) in [7, 11) is 0. The van der Waals surface area contributed by atoms with Gasteiger partial charge in [-0.25, -0.2) is 17.6 Å². The Hall–Kier alpha value is -1.75. The molecule has 2 rings (SSSR count). The van der Waals surface area contributed by atoms with E-state index < -0.39 is 29.3 Å². The molecule has 0 aliphatic rings. The van der Waals surface area contributed by atoms with Gasteiger partial charge in [-0.1, -0.05) is 17.7 Å². The van der Waals surface area contributed by atoms with Crippen LogP contribution in [0.4, 0.5) is 23.2 Å². The Morgan fingerprint density at radius 1 is 0.950 bits per heavy atom. The van der Waals surface area contributed by atoms with Crippen molar-refractivity contribution >= 4 is 17.3 Å². The van der Waals surface area contributed by atoms with Gasteiger partial charge in [0.15, 0.2) is 17.5 Å². The Labute approximate surface area is 118 Å². The van der Waals surface area contributed by atoms with Gasteiger partial charge in [0, 0.05) is 23.9 Å². The average molecular weight is 304 g/mol. The van der Waals surface area contributed by atoms with Crippen LogP contribution >= 0.6 is 11.6 Å². The quantitative estimate of drug-likeness (QED) is 0.616. The van der Waals surface area contributed by atoms with Gasteiger partial charge in [-0.15, -0.1) is 0 Å². The van der Waals surface area contributed by atoms with Crippen molar-refractivity contribution in [3.63, 3.8) is 0 Å². The molecule has 0 spiro atoms. The molecular weight excluding hydrogens is 294 g/mol. The second-order valence-corrected chi connectivity index (χ2v) is 4.70. The van der Waals surface area contributed by atoms with Crippen LogP contribution in [0.15, 0.2) is 30.3 Å². The highest BCUT2D eigenvalue weighted by Gasteiger charge is 2.13. The molecule has 2 aromatic carbocycles. The first-order valence-electron chi connectivity index (χ1n) is 5.74. The van der Waals surface area contributed by atoms with Crippen LogP contribution in [-0.4, -0.2) is 0 Å². The molecule has 1 atom stereocenters. The molecule has 0 saturated heterocycles. The van der Waals surface area contributed by atoms with Crippen LogP contribution in [0.1, 0.15) is 18.5 Å². The number of benzene rings is 2. The minimum atomic E-state index is -1.53. The van der Waals surface area contributed by atoms with Crippen molar-refractivity contribution in [2.24, 2.45) is 0 Å². The van der Waals surface area contributed by atoms with Gasteiger partial charge in [0.2, 0.25) is 0 Å². The van der Waals surface area contributed by atoms with Crippen molar-refractivity contribution in [3.8, 4) is 0 Å². The summed E-state index contributed by atoms with van der Waals surface area (Å²) in [5.74, 6) is -4.70. The Morgan fingerprint density at radius 2 is 1.55 bits per heavy atom. The van der Waals surface area contributed by atoms with E-state index >= 15 is 0 Å². The number of anilines is 1. The second-order valence-electron chi connectivity index (χ2n) is 4.29. The molecule has 0 bridgehead atoms. The molecule has 1 N–H and O–H groups in total. The van der Waals surface area contributed by atoms with Crippen molar-refractivity contribution in [1.29, 1.82) is 0 Å². The summed E-state index contributed by atoms with van der Waals surface area (Å²) in [4.78, 5) is 0. The van der Waals surface area contributed by atoms with Gasteiger partial charge in [-0.3, -0.25) is 0 Å². The zero-order valence-corrected chi connectivity index (χ0v) is 11.1. The first-order valence-corrected chi connectivity index (χ1v) is 6.12. The Morgan fingerprint density at radius 3 is 2.10 bits per heavy atom. The Bertz CT molecular complexity index is 622. The van der Waals surface area contributed by atoms with Gasteiger partial charge in [-0.05, 0) is 24.6 Å². The summed E-state index contributed by atoms with van der Waals surface area (Å²) >= 11 is 5.57. The Balaban J connectivity index is 2.23. The van der Waals surface area contributed by atoms with E-state index in [-0.39, 0.29) is 10.7 Å². The van der Waals surface area contributed by atoms with Gasteiger partial charge in [-0.2, -0.15) is 0 Å². The van der Waals surface area contributed by atoms with E-state index in [1.807, 2.05) is 0 Å². The van der Waals surface area contributed by atoms with E-state index in [4.69, 9.17) is 11.6 Å². The molecule has 0 aliphatic carbocycles. The third kappa shape index (κ3) is 3.04. The normalized spacial score (nSPS) is 12.3. The van der Waals surface area contributed by atoms with Crippen molar-refractivity contribution in [1.82, 2.24) is 0 Å². The van der Waals surface area contributed by atoms with Crippen LogP contribution in [0.25, 0.3) is 0 Å². The largest absolute Gasteiger partial charge is 0.378 e. The zero-order valence-electron chi connectivity index (χ0n) is 10.4. The highest BCUT2D eigenvalue weighted by Crippen LogP contribution is 2.25. The molecule has 2 aromatic rings. The van der Waals surface area contributed by atoms with Gasteiger partial charge >= 0.3 is 0 Å². The van der Waals surface area contributed by atoms with Crippen LogP contribution in [0.2, 0.25) is 5.02 Å². The number of nitrogens with one attached hydrogen (secondary N) is 1. The maximum Gasteiger partial charge on any atom is 0.194 e. The van der Waals surface area contributed by atoms with E-state index in [0.717, 1.165) is 12.1 Å². The molecule has 6 heteroatoms. The standard InChI is InChI=1S/C14H10ClF4N/c1-7(8-2-3-10(15)11(16)4-8)20-9-5-12(17)14(19)13(18)6-9/h2-7,20H,1H3. The smallest absolute Gasteiger partial charge is 0.194 e. The topological polar surface area (TPSA) is 12.0 Å². The highest BCUT2D eigenvalue weighted by molar-refractivity contribution is 6.30. The van der Waals surface area contributed by atoms with E-state index in [1.54, 1.807) is 13.0 Å². The summed E-state index contributed by atoms with van der Waals surface area (Å²) < 4.78 is 52.3. The molecule has 20 heavy (non-hydrogen) atoms. The SMILES string of the molecule is CC(Nc1cc(F)c(F)c(F)c1)c1ccc(Cl)c(F)c1. The van der Waals surface area contributed by atoms with Crippen LogP contribution in [0.3, 0.4) is 0 Å². The summed E-state index contributed by atoms with van der Waals surface area (Å²) in [6, 6.07) is 5.42. The first-order chi connectivity index (χ1) is 9.38. The fraction of sp³-hybridized carbons (Fsp3) is 0.143. The molecule has 1 nitrogen and oxygen atoms in total. The minimum Gasteiger partial charge on any atom is -0.378 e. The molecule has 0 aromatic heterocycles. The number of hydrogen-bond donors (Lipinski definition) is 1. The molecule has 106 valence electrons. The van der Waals surface area contributed by atoms with Crippen molar-refractivity contribution in [2.75, 3.05) is 5.32 Å². The molecule has 0 radical (unpaired) electrons. The Kier molecular flexibility index (Phi) is 4.18. The fourth-order valence-corrected chi connectivity index (χ4v) is 1.87. The van der Waals surface area contributed by atoms with E-state index in [9.17, 15) is 17.6 Å². The van der Waals surface area contributed by atoms with Gasteiger partial charge in [0.05, 0.1) is 5.02 Å². The number of rotatable bonds is 3. The summed E-state index contributed by atoms with van der Waals surface area (Å²) in [6.45, 7) is 1.67. The molecule has 1 unspecified atom stereocenters. The van der Waals surface area contributed by atoms with Crippen LogP contribution in [0, 0.1) is 23.3 Å². The third-order valence-electron chi connectivity index (χ3n) is 2.81. The summed E-state index contributed by atoms with van der Waals surface area (Å²) in [6.07, 6.45) is 0. The van der Waals surface area contributed by atoms with Crippen molar-refractivity contribution in [2.45, 2.75) is 13.0 Å². The minimum absolute atomic E-state index is 0.0141. The molecule has 0 heterocycles. The van der Waals surface area contributed by atoms with E-state index in [0.29, 0.717) is 5.56 Å². The van der Waals surface area contributed by atoms with E-state index in [2.05, 4.69) is 5.32 Å².